The molecule has 1 heterocycles. The van der Waals surface area contributed by atoms with Gasteiger partial charge in [-0.05, 0) is 61.4 Å². The number of rotatable bonds is 4. The Kier molecular flexibility index (Phi) is 4.95. The molecule has 0 spiro atoms. The molecular formula is C21H18N4O. The monoisotopic (exact) mass is 342 g/mol. The van der Waals surface area contributed by atoms with Crippen LogP contribution in [-0.4, -0.2) is 10.9 Å². The van der Waals surface area contributed by atoms with E-state index in [0.717, 1.165) is 16.9 Å². The van der Waals surface area contributed by atoms with Gasteiger partial charge in [0.15, 0.2) is 0 Å². The van der Waals surface area contributed by atoms with Gasteiger partial charge in [0.1, 0.15) is 0 Å². The number of carbonyl (C=O) groups excluding carboxylic acids is 1. The van der Waals surface area contributed by atoms with Crippen LogP contribution in [0.1, 0.15) is 27.0 Å². The van der Waals surface area contributed by atoms with Crippen molar-refractivity contribution in [3.05, 3.63) is 83.2 Å². The number of nitriles is 1. The molecule has 1 aromatic heterocycles. The number of carbonyl (C=O) groups is 1. The van der Waals surface area contributed by atoms with Crippen LogP contribution in [0.25, 0.3) is 0 Å². The molecule has 0 unspecified atom stereocenters. The minimum absolute atomic E-state index is 0.258. The maximum Gasteiger partial charge on any atom is 0.257 e. The SMILES string of the molecule is Cc1cccc(Nc2cncc(C(=O)Nc3ccc(C#N)cc3)c2)c1C. The number of aryl methyl sites for hydroxylation is 1. The van der Waals surface area contributed by atoms with E-state index in [2.05, 4.69) is 28.6 Å². The average molecular weight is 342 g/mol. The van der Waals surface area contributed by atoms with Gasteiger partial charge in [0.2, 0.25) is 0 Å². The van der Waals surface area contributed by atoms with Gasteiger partial charge in [-0.3, -0.25) is 9.78 Å². The maximum atomic E-state index is 12.5. The van der Waals surface area contributed by atoms with E-state index in [9.17, 15) is 4.79 Å². The average Bonchev–Trinajstić information content (AvgIpc) is 2.66. The molecule has 5 nitrogen and oxygen atoms in total. The van der Waals surface area contributed by atoms with Crippen molar-refractivity contribution < 1.29 is 4.79 Å². The smallest absolute Gasteiger partial charge is 0.257 e. The van der Waals surface area contributed by atoms with E-state index in [4.69, 9.17) is 5.26 Å². The summed E-state index contributed by atoms with van der Waals surface area (Å²) < 4.78 is 0. The third-order valence-corrected chi connectivity index (χ3v) is 4.16. The molecule has 0 radical (unpaired) electrons. The molecule has 0 bridgehead atoms. The van der Waals surface area contributed by atoms with E-state index >= 15 is 0 Å². The van der Waals surface area contributed by atoms with Crippen LogP contribution < -0.4 is 10.6 Å². The summed E-state index contributed by atoms with van der Waals surface area (Å²) in [5, 5.41) is 14.9. The fraction of sp³-hybridized carbons (Fsp3) is 0.0952. The molecule has 26 heavy (non-hydrogen) atoms. The summed E-state index contributed by atoms with van der Waals surface area (Å²) >= 11 is 0. The van der Waals surface area contributed by atoms with Crippen LogP contribution in [-0.2, 0) is 0 Å². The molecule has 0 atom stereocenters. The molecule has 1 amide bonds. The van der Waals surface area contributed by atoms with Gasteiger partial charge in [-0.15, -0.1) is 0 Å². The maximum absolute atomic E-state index is 12.5. The number of hydrogen-bond donors (Lipinski definition) is 2. The zero-order valence-corrected chi connectivity index (χ0v) is 14.6. The van der Waals surface area contributed by atoms with Gasteiger partial charge in [0, 0.05) is 17.6 Å². The lowest BCUT2D eigenvalue weighted by Crippen LogP contribution is -2.12. The summed E-state index contributed by atoms with van der Waals surface area (Å²) in [5.74, 6) is -0.258. The summed E-state index contributed by atoms with van der Waals surface area (Å²) in [4.78, 5) is 16.6. The van der Waals surface area contributed by atoms with Gasteiger partial charge in [-0.2, -0.15) is 5.26 Å². The molecule has 0 saturated carbocycles. The summed E-state index contributed by atoms with van der Waals surface area (Å²) in [7, 11) is 0. The third kappa shape index (κ3) is 3.87. The summed E-state index contributed by atoms with van der Waals surface area (Å²) in [6.07, 6.45) is 3.20. The fourth-order valence-electron chi connectivity index (χ4n) is 2.51. The molecule has 0 fully saturated rings. The first-order valence-corrected chi connectivity index (χ1v) is 8.16. The number of nitrogens with zero attached hydrogens (tertiary/aromatic N) is 2. The normalized spacial score (nSPS) is 10.0. The number of aromatic nitrogens is 1. The summed E-state index contributed by atoms with van der Waals surface area (Å²) in [6, 6.07) is 16.5. The molecule has 0 aliphatic carbocycles. The molecule has 0 aliphatic heterocycles. The van der Waals surface area contributed by atoms with Crippen molar-refractivity contribution in [3.8, 4) is 6.07 Å². The molecule has 2 N–H and O–H groups in total. The van der Waals surface area contributed by atoms with Crippen LogP contribution in [0.3, 0.4) is 0 Å². The highest BCUT2D eigenvalue weighted by Gasteiger charge is 2.09. The Labute approximate surface area is 152 Å². The van der Waals surface area contributed by atoms with Crippen LogP contribution in [0, 0.1) is 25.2 Å². The number of hydrogen-bond acceptors (Lipinski definition) is 4. The van der Waals surface area contributed by atoms with Crippen molar-refractivity contribution >= 4 is 23.0 Å². The van der Waals surface area contributed by atoms with Gasteiger partial charge in [0.25, 0.3) is 5.91 Å². The predicted octanol–water partition coefficient (Wildman–Crippen LogP) is 4.57. The zero-order chi connectivity index (χ0) is 18.5. The third-order valence-electron chi connectivity index (χ3n) is 4.16. The Morgan fingerprint density at radius 1 is 1.04 bits per heavy atom. The van der Waals surface area contributed by atoms with Gasteiger partial charge < -0.3 is 10.6 Å². The Hall–Kier alpha value is -3.65. The van der Waals surface area contributed by atoms with E-state index in [1.807, 2.05) is 25.1 Å². The van der Waals surface area contributed by atoms with Crippen LogP contribution in [0.4, 0.5) is 17.1 Å². The largest absolute Gasteiger partial charge is 0.354 e. The van der Waals surface area contributed by atoms with Gasteiger partial charge in [-0.25, -0.2) is 0 Å². The van der Waals surface area contributed by atoms with E-state index < -0.39 is 0 Å². The van der Waals surface area contributed by atoms with Gasteiger partial charge in [-0.1, -0.05) is 12.1 Å². The number of nitrogens with one attached hydrogen (secondary N) is 2. The van der Waals surface area contributed by atoms with Crippen LogP contribution in [0.2, 0.25) is 0 Å². The first-order chi connectivity index (χ1) is 12.6. The number of pyridine rings is 1. The minimum Gasteiger partial charge on any atom is -0.354 e. The number of amides is 1. The van der Waals surface area contributed by atoms with Crippen LogP contribution >= 0.6 is 0 Å². The van der Waals surface area contributed by atoms with Crippen molar-refractivity contribution in [2.45, 2.75) is 13.8 Å². The first-order valence-electron chi connectivity index (χ1n) is 8.16. The topological polar surface area (TPSA) is 77.8 Å². The lowest BCUT2D eigenvalue weighted by atomic mass is 10.1. The first kappa shape index (κ1) is 17.2. The Bertz CT molecular complexity index is 988. The molecular weight excluding hydrogens is 324 g/mol. The van der Waals surface area contributed by atoms with E-state index in [1.54, 1.807) is 36.5 Å². The van der Waals surface area contributed by atoms with Gasteiger partial charge in [0.05, 0.1) is 29.1 Å². The second-order valence-electron chi connectivity index (χ2n) is 5.98. The molecule has 5 heteroatoms. The molecule has 2 aromatic carbocycles. The summed E-state index contributed by atoms with van der Waals surface area (Å²) in [5.41, 5.74) is 5.69. The van der Waals surface area contributed by atoms with Crippen LogP contribution in [0.5, 0.6) is 0 Å². The van der Waals surface area contributed by atoms with Crippen molar-refractivity contribution in [1.29, 1.82) is 5.26 Å². The second-order valence-corrected chi connectivity index (χ2v) is 5.98. The Balaban J connectivity index is 1.76. The second kappa shape index (κ2) is 7.49. The summed E-state index contributed by atoms with van der Waals surface area (Å²) in [6.45, 7) is 4.10. The lowest BCUT2D eigenvalue weighted by Gasteiger charge is -2.12. The van der Waals surface area contributed by atoms with Gasteiger partial charge >= 0.3 is 0 Å². The highest BCUT2D eigenvalue weighted by Crippen LogP contribution is 2.23. The van der Waals surface area contributed by atoms with Crippen LogP contribution in [0.15, 0.2) is 60.9 Å². The molecule has 0 aliphatic rings. The number of benzene rings is 2. The molecule has 128 valence electrons. The van der Waals surface area contributed by atoms with Crippen molar-refractivity contribution in [1.82, 2.24) is 4.98 Å². The van der Waals surface area contributed by atoms with E-state index in [1.165, 1.54) is 11.8 Å². The molecule has 0 saturated heterocycles. The Morgan fingerprint density at radius 3 is 2.54 bits per heavy atom. The quantitative estimate of drug-likeness (QED) is 0.728. The van der Waals surface area contributed by atoms with Crippen molar-refractivity contribution in [2.75, 3.05) is 10.6 Å². The minimum atomic E-state index is -0.258. The lowest BCUT2D eigenvalue weighted by molar-refractivity contribution is 0.102. The zero-order valence-electron chi connectivity index (χ0n) is 14.6. The highest BCUT2D eigenvalue weighted by molar-refractivity contribution is 6.04. The van der Waals surface area contributed by atoms with Crippen molar-refractivity contribution in [3.63, 3.8) is 0 Å². The standard InChI is InChI=1S/C21H18N4O/c1-14-4-3-5-20(15(14)2)24-19-10-17(12-23-13-19)21(26)25-18-8-6-16(11-22)7-9-18/h3-10,12-13,24H,1-2H3,(H,25,26). The van der Waals surface area contributed by atoms with Crippen molar-refractivity contribution in [2.24, 2.45) is 0 Å². The highest BCUT2D eigenvalue weighted by atomic mass is 16.1. The van der Waals surface area contributed by atoms with E-state index in [0.29, 0.717) is 16.8 Å². The number of anilines is 3. The van der Waals surface area contributed by atoms with E-state index in [-0.39, 0.29) is 5.91 Å². The predicted molar refractivity (Wildman–Crippen MR) is 103 cm³/mol. The fourth-order valence-corrected chi connectivity index (χ4v) is 2.51. The Morgan fingerprint density at radius 2 is 1.81 bits per heavy atom. The molecule has 3 rings (SSSR count). The molecule has 3 aromatic rings.